The Morgan fingerprint density at radius 3 is 2.67 bits per heavy atom. The predicted octanol–water partition coefficient (Wildman–Crippen LogP) is 4.33. The number of pyridine rings is 1. The summed E-state index contributed by atoms with van der Waals surface area (Å²) in [4.78, 5) is 7.74. The molecule has 0 unspecified atom stereocenters. The van der Waals surface area contributed by atoms with E-state index in [0.29, 0.717) is 5.82 Å². The lowest BCUT2D eigenvalue weighted by Crippen LogP contribution is -1.82. The molecule has 4 aromatic rings. The van der Waals surface area contributed by atoms with E-state index in [2.05, 4.69) is 44.3 Å². The van der Waals surface area contributed by atoms with Crippen molar-refractivity contribution in [3.05, 3.63) is 66.0 Å². The molecule has 2 aromatic heterocycles. The zero-order valence-electron chi connectivity index (χ0n) is 11.0. The van der Waals surface area contributed by atoms with Crippen molar-refractivity contribution in [2.75, 3.05) is 0 Å². The molecule has 4 rings (SSSR count). The molecule has 0 atom stereocenters. The summed E-state index contributed by atoms with van der Waals surface area (Å²) in [6, 6.07) is 17.9. The van der Waals surface area contributed by atoms with Gasteiger partial charge in [-0.15, -0.1) is 4.98 Å². The number of H-pyrrole nitrogens is 1. The van der Waals surface area contributed by atoms with Gasteiger partial charge in [-0.3, -0.25) is 5.10 Å². The van der Waals surface area contributed by atoms with Crippen LogP contribution in [0.2, 0.25) is 0 Å². The van der Waals surface area contributed by atoms with E-state index in [4.69, 9.17) is 6.57 Å². The summed E-state index contributed by atoms with van der Waals surface area (Å²) in [7, 11) is 0. The Kier molecular flexibility index (Phi) is 2.45. The number of nitrogens with one attached hydrogen (secondary N) is 1. The summed E-state index contributed by atoms with van der Waals surface area (Å²) in [5, 5.41) is 9.68. The largest absolute Gasteiger partial charge is 0.361 e. The molecule has 0 aliphatic rings. The van der Waals surface area contributed by atoms with Gasteiger partial charge in [0.05, 0.1) is 0 Å². The maximum atomic E-state index is 7.09. The summed E-state index contributed by atoms with van der Waals surface area (Å²) in [6.07, 6.45) is 0. The highest BCUT2D eigenvalue weighted by atomic mass is 15.1. The van der Waals surface area contributed by atoms with Gasteiger partial charge in [0.2, 0.25) is 5.52 Å². The van der Waals surface area contributed by atoms with E-state index in [0.717, 1.165) is 27.7 Å². The van der Waals surface area contributed by atoms with Gasteiger partial charge in [0, 0.05) is 5.56 Å². The van der Waals surface area contributed by atoms with Crippen molar-refractivity contribution in [1.29, 1.82) is 0 Å². The van der Waals surface area contributed by atoms with Crippen LogP contribution in [-0.2, 0) is 0 Å². The molecule has 0 aliphatic carbocycles. The molecule has 4 nitrogen and oxygen atoms in total. The average Bonchev–Trinajstić information content (AvgIpc) is 2.97. The van der Waals surface area contributed by atoms with Crippen LogP contribution in [0.15, 0.2) is 54.6 Å². The Bertz CT molecular complexity index is 1010. The first-order chi connectivity index (χ1) is 10.3. The van der Waals surface area contributed by atoms with Gasteiger partial charge in [-0.05, 0) is 29.0 Å². The van der Waals surface area contributed by atoms with Crippen molar-refractivity contribution in [2.24, 2.45) is 0 Å². The quantitative estimate of drug-likeness (QED) is 0.523. The van der Waals surface area contributed by atoms with Gasteiger partial charge in [0.1, 0.15) is 11.2 Å². The second-order valence-corrected chi connectivity index (χ2v) is 4.81. The van der Waals surface area contributed by atoms with Crippen molar-refractivity contribution in [3.63, 3.8) is 0 Å². The number of aromatic amines is 1. The predicted molar refractivity (Wildman–Crippen MR) is 83.1 cm³/mol. The molecule has 0 saturated carbocycles. The number of fused-ring (bicyclic) bond motifs is 2. The average molecular weight is 270 g/mol. The minimum atomic E-state index is 0.380. The van der Waals surface area contributed by atoms with E-state index in [9.17, 15) is 0 Å². The Morgan fingerprint density at radius 1 is 0.952 bits per heavy atom. The van der Waals surface area contributed by atoms with Crippen LogP contribution in [-0.4, -0.2) is 15.2 Å². The van der Waals surface area contributed by atoms with E-state index in [1.807, 2.05) is 24.3 Å². The highest BCUT2D eigenvalue weighted by Gasteiger charge is 2.13. The van der Waals surface area contributed by atoms with E-state index in [-0.39, 0.29) is 0 Å². The monoisotopic (exact) mass is 270 g/mol. The smallest absolute Gasteiger partial charge is 0.270 e. The van der Waals surface area contributed by atoms with E-state index in [1.165, 1.54) is 5.39 Å². The Morgan fingerprint density at radius 2 is 1.81 bits per heavy atom. The molecule has 2 heterocycles. The standard InChI is InChI=1S/C17H10N4/c1-18-15-9-8-14-17(19-15)16(21-20-14)13-7-6-11-4-2-3-5-12(11)10-13/h2-10H,(H,20,21). The second-order valence-electron chi connectivity index (χ2n) is 4.81. The van der Waals surface area contributed by atoms with Crippen LogP contribution in [0.4, 0.5) is 5.82 Å². The Labute approximate surface area is 120 Å². The summed E-state index contributed by atoms with van der Waals surface area (Å²) in [5.74, 6) is 0.380. The number of hydrogen-bond acceptors (Lipinski definition) is 2. The molecule has 0 bridgehead atoms. The molecule has 0 aliphatic heterocycles. The van der Waals surface area contributed by atoms with Crippen molar-refractivity contribution < 1.29 is 0 Å². The van der Waals surface area contributed by atoms with Crippen LogP contribution >= 0.6 is 0 Å². The van der Waals surface area contributed by atoms with Crippen LogP contribution in [0.25, 0.3) is 37.9 Å². The molecular weight excluding hydrogens is 260 g/mol. The third kappa shape index (κ3) is 1.84. The van der Waals surface area contributed by atoms with Crippen molar-refractivity contribution in [3.8, 4) is 11.3 Å². The first-order valence-electron chi connectivity index (χ1n) is 6.57. The highest BCUT2D eigenvalue weighted by molar-refractivity contribution is 5.94. The van der Waals surface area contributed by atoms with Crippen LogP contribution in [0.3, 0.4) is 0 Å². The minimum absolute atomic E-state index is 0.380. The van der Waals surface area contributed by atoms with Gasteiger partial charge in [-0.1, -0.05) is 43.0 Å². The zero-order chi connectivity index (χ0) is 14.2. The molecule has 0 amide bonds. The lowest BCUT2D eigenvalue weighted by Gasteiger charge is -2.00. The number of rotatable bonds is 1. The minimum Gasteiger partial charge on any atom is -0.361 e. The Hall–Kier alpha value is -3.19. The third-order valence-corrected chi connectivity index (χ3v) is 3.53. The molecule has 2 aromatic carbocycles. The molecule has 4 heteroatoms. The van der Waals surface area contributed by atoms with Gasteiger partial charge in [-0.2, -0.15) is 5.10 Å². The van der Waals surface area contributed by atoms with Gasteiger partial charge < -0.3 is 4.85 Å². The third-order valence-electron chi connectivity index (χ3n) is 3.53. The number of aromatic nitrogens is 3. The van der Waals surface area contributed by atoms with Crippen LogP contribution in [0.1, 0.15) is 0 Å². The Balaban J connectivity index is 1.97. The molecule has 98 valence electrons. The maximum absolute atomic E-state index is 7.09. The van der Waals surface area contributed by atoms with Crippen LogP contribution in [0, 0.1) is 6.57 Å². The molecule has 0 saturated heterocycles. The molecule has 0 fully saturated rings. The number of benzene rings is 2. The molecule has 1 N–H and O–H groups in total. The molecule has 0 radical (unpaired) electrons. The van der Waals surface area contributed by atoms with Crippen molar-refractivity contribution in [2.45, 2.75) is 0 Å². The first-order valence-corrected chi connectivity index (χ1v) is 6.57. The summed E-state index contributed by atoms with van der Waals surface area (Å²) >= 11 is 0. The lowest BCUT2D eigenvalue weighted by atomic mass is 10.0. The zero-order valence-corrected chi connectivity index (χ0v) is 11.0. The number of nitrogens with zero attached hydrogens (tertiary/aromatic N) is 3. The molecule has 21 heavy (non-hydrogen) atoms. The van der Waals surface area contributed by atoms with Gasteiger partial charge in [0.15, 0.2) is 0 Å². The fourth-order valence-corrected chi connectivity index (χ4v) is 2.49. The second kappa shape index (κ2) is 4.43. The summed E-state index contributed by atoms with van der Waals surface area (Å²) in [5.41, 5.74) is 3.35. The van der Waals surface area contributed by atoms with E-state index in [1.54, 1.807) is 6.07 Å². The summed E-state index contributed by atoms with van der Waals surface area (Å²) < 4.78 is 0. The maximum Gasteiger partial charge on any atom is 0.270 e. The van der Waals surface area contributed by atoms with E-state index < -0.39 is 0 Å². The van der Waals surface area contributed by atoms with Gasteiger partial charge in [-0.25, -0.2) is 0 Å². The lowest BCUT2D eigenvalue weighted by molar-refractivity contribution is 1.12. The highest BCUT2D eigenvalue weighted by Crippen LogP contribution is 2.28. The van der Waals surface area contributed by atoms with Crippen LogP contribution < -0.4 is 0 Å². The normalized spacial score (nSPS) is 10.8. The molecule has 0 spiro atoms. The van der Waals surface area contributed by atoms with Crippen molar-refractivity contribution in [1.82, 2.24) is 15.2 Å². The van der Waals surface area contributed by atoms with Gasteiger partial charge >= 0.3 is 0 Å². The SMILES string of the molecule is [C-]#[N+]c1ccc2[nH]nc(-c3ccc4ccccc4c3)c2n1. The van der Waals surface area contributed by atoms with Crippen LogP contribution in [0.5, 0.6) is 0 Å². The topological polar surface area (TPSA) is 45.9 Å². The number of hydrogen-bond donors (Lipinski definition) is 1. The summed E-state index contributed by atoms with van der Waals surface area (Å²) in [6.45, 7) is 7.09. The van der Waals surface area contributed by atoms with Gasteiger partial charge in [0.25, 0.3) is 5.82 Å². The fourth-order valence-electron chi connectivity index (χ4n) is 2.49. The fraction of sp³-hybridized carbons (Fsp3) is 0. The molecular formula is C17H10N4. The van der Waals surface area contributed by atoms with Crippen molar-refractivity contribution >= 4 is 27.6 Å². The first kappa shape index (κ1) is 11.6. The van der Waals surface area contributed by atoms with E-state index >= 15 is 0 Å².